The molecule has 2 aromatic carbocycles. The Morgan fingerprint density at radius 1 is 1.00 bits per heavy atom. The number of esters is 1. The Labute approximate surface area is 180 Å². The van der Waals surface area contributed by atoms with Gasteiger partial charge in [0.25, 0.3) is 0 Å². The number of hydrogen-bond acceptors (Lipinski definition) is 4. The molecule has 156 valence electrons. The molecule has 0 saturated heterocycles. The molecule has 5 aromatic rings. The highest BCUT2D eigenvalue weighted by Crippen LogP contribution is 2.36. The third-order valence-corrected chi connectivity index (χ3v) is 5.78. The first-order chi connectivity index (χ1) is 15.1. The zero-order valence-electron chi connectivity index (χ0n) is 17.9. The van der Waals surface area contributed by atoms with Crippen molar-refractivity contribution in [3.05, 3.63) is 72.2 Å². The number of ether oxygens (including phenoxy) is 1. The number of fused-ring (bicyclic) bond motifs is 5. The first-order valence-corrected chi connectivity index (χ1v) is 10.7. The van der Waals surface area contributed by atoms with Gasteiger partial charge in [-0.3, -0.25) is 9.20 Å². The molecule has 0 aliphatic carbocycles. The zero-order chi connectivity index (χ0) is 21.5. The molecule has 6 nitrogen and oxygen atoms in total. The van der Waals surface area contributed by atoms with Gasteiger partial charge in [0.1, 0.15) is 16.9 Å². The van der Waals surface area contributed by atoms with Gasteiger partial charge in [-0.2, -0.15) is 0 Å². The molecule has 6 heteroatoms. The van der Waals surface area contributed by atoms with Gasteiger partial charge in [-0.1, -0.05) is 56.3 Å². The van der Waals surface area contributed by atoms with Gasteiger partial charge in [-0.05, 0) is 24.6 Å². The predicted octanol–water partition coefficient (Wildman–Crippen LogP) is 5.32. The molecule has 3 aromatic heterocycles. The second-order valence-corrected chi connectivity index (χ2v) is 7.65. The maximum absolute atomic E-state index is 12.2. The average molecular weight is 412 g/mol. The first-order valence-electron chi connectivity index (χ1n) is 10.7. The minimum absolute atomic E-state index is 0.0156. The first kappa shape index (κ1) is 19.3. The van der Waals surface area contributed by atoms with Crippen LogP contribution < -0.4 is 4.74 Å². The lowest BCUT2D eigenvalue weighted by molar-refractivity contribution is -0.133. The second-order valence-electron chi connectivity index (χ2n) is 7.65. The van der Waals surface area contributed by atoms with E-state index in [1.54, 1.807) is 6.92 Å². The van der Waals surface area contributed by atoms with Crippen LogP contribution in [0.3, 0.4) is 0 Å². The third kappa shape index (κ3) is 3.06. The average Bonchev–Trinajstić information content (AvgIpc) is 3.37. The van der Waals surface area contributed by atoms with E-state index < -0.39 is 0 Å². The molecule has 0 radical (unpaired) electrons. The van der Waals surface area contributed by atoms with E-state index in [1.807, 2.05) is 48.7 Å². The lowest BCUT2D eigenvalue weighted by Gasteiger charge is -2.15. The van der Waals surface area contributed by atoms with Crippen LogP contribution in [0.1, 0.15) is 44.6 Å². The Hall–Kier alpha value is -3.67. The normalized spacial score (nSPS) is 12.6. The highest BCUT2D eigenvalue weighted by Gasteiger charge is 2.24. The molecule has 0 aliphatic rings. The van der Waals surface area contributed by atoms with E-state index in [0.717, 1.165) is 45.5 Å². The monoisotopic (exact) mass is 412 g/mol. The molecule has 0 spiro atoms. The van der Waals surface area contributed by atoms with Gasteiger partial charge in [0.05, 0.1) is 23.3 Å². The number of aryl methyl sites for hydroxylation is 1. The van der Waals surface area contributed by atoms with Crippen molar-refractivity contribution in [2.75, 3.05) is 0 Å². The largest absolute Gasteiger partial charge is 0.424 e. The highest BCUT2D eigenvalue weighted by molar-refractivity contribution is 6.01. The molecule has 0 fully saturated rings. The predicted molar refractivity (Wildman–Crippen MR) is 122 cm³/mol. The summed E-state index contributed by atoms with van der Waals surface area (Å²) in [6.45, 7) is 6.01. The minimum Gasteiger partial charge on any atom is -0.424 e. The van der Waals surface area contributed by atoms with Gasteiger partial charge < -0.3 is 9.30 Å². The van der Waals surface area contributed by atoms with Gasteiger partial charge >= 0.3 is 5.97 Å². The summed E-state index contributed by atoms with van der Waals surface area (Å²) < 4.78 is 9.93. The van der Waals surface area contributed by atoms with Crippen molar-refractivity contribution in [2.24, 2.45) is 0 Å². The van der Waals surface area contributed by atoms with Crippen molar-refractivity contribution >= 4 is 33.7 Å². The van der Waals surface area contributed by atoms with Crippen LogP contribution >= 0.6 is 0 Å². The Balaban J connectivity index is 1.87. The van der Waals surface area contributed by atoms with Crippen LogP contribution in [0, 0.1) is 0 Å². The van der Waals surface area contributed by atoms with E-state index in [2.05, 4.69) is 34.9 Å². The smallest absolute Gasteiger partial charge is 0.310 e. The van der Waals surface area contributed by atoms with Crippen LogP contribution in [0.5, 0.6) is 5.75 Å². The molecule has 1 unspecified atom stereocenters. The molecule has 0 N–H and O–H groups in total. The van der Waals surface area contributed by atoms with Crippen LogP contribution in [0.4, 0.5) is 0 Å². The molecule has 5 rings (SSSR count). The van der Waals surface area contributed by atoms with Gasteiger partial charge in [0, 0.05) is 12.8 Å². The third-order valence-electron chi connectivity index (χ3n) is 5.78. The molecule has 0 amide bonds. The Morgan fingerprint density at radius 3 is 2.48 bits per heavy atom. The van der Waals surface area contributed by atoms with Gasteiger partial charge in [-0.15, -0.1) is 0 Å². The fourth-order valence-electron chi connectivity index (χ4n) is 4.14. The van der Waals surface area contributed by atoms with Crippen LogP contribution in [0.2, 0.25) is 0 Å². The summed E-state index contributed by atoms with van der Waals surface area (Å²) in [5.41, 5.74) is 4.58. The number of benzene rings is 2. The van der Waals surface area contributed by atoms with Crippen LogP contribution in [0.25, 0.3) is 27.7 Å². The van der Waals surface area contributed by atoms with E-state index in [1.165, 1.54) is 0 Å². The molecular formula is C25H24N4O2. The lowest BCUT2D eigenvalue weighted by Crippen LogP contribution is -2.08. The standard InChI is InChI=1S/C25H24N4O2/c1-4-21-27-24-23(25-26-18-13-9-10-14-19(18)29(21)25)20(31-22(30)5-2)15-28(24)16(3)17-11-7-6-8-12-17/h6-16H,4-5H2,1-3H3. The number of aromatic nitrogens is 4. The van der Waals surface area contributed by atoms with Crippen molar-refractivity contribution in [1.82, 2.24) is 18.9 Å². The highest BCUT2D eigenvalue weighted by atomic mass is 16.5. The van der Waals surface area contributed by atoms with E-state index in [9.17, 15) is 4.79 Å². The van der Waals surface area contributed by atoms with Gasteiger partial charge in [0.15, 0.2) is 11.4 Å². The SMILES string of the molecule is CCC(=O)Oc1cn(C(C)c2ccccc2)c2nc(CC)n3c4ccccc4nc3c12. The van der Waals surface area contributed by atoms with Crippen molar-refractivity contribution in [2.45, 2.75) is 39.7 Å². The number of carbonyl (C=O) groups is 1. The van der Waals surface area contributed by atoms with Gasteiger partial charge in [0.2, 0.25) is 0 Å². The number of carbonyl (C=O) groups excluding carboxylic acids is 1. The molecule has 31 heavy (non-hydrogen) atoms. The summed E-state index contributed by atoms with van der Waals surface area (Å²) in [7, 11) is 0. The van der Waals surface area contributed by atoms with Crippen molar-refractivity contribution < 1.29 is 9.53 Å². The summed E-state index contributed by atoms with van der Waals surface area (Å²) in [6.07, 6.45) is 2.94. The summed E-state index contributed by atoms with van der Waals surface area (Å²) in [6, 6.07) is 18.3. The summed E-state index contributed by atoms with van der Waals surface area (Å²) in [5.74, 6) is 1.14. The maximum atomic E-state index is 12.2. The topological polar surface area (TPSA) is 61.4 Å². The number of imidazole rings is 1. The van der Waals surface area contributed by atoms with E-state index in [-0.39, 0.29) is 12.0 Å². The molecule has 0 aliphatic heterocycles. The fraction of sp³-hybridized carbons (Fsp3) is 0.240. The van der Waals surface area contributed by atoms with Crippen molar-refractivity contribution in [3.63, 3.8) is 0 Å². The fourth-order valence-corrected chi connectivity index (χ4v) is 4.14. The summed E-state index contributed by atoms with van der Waals surface area (Å²) in [4.78, 5) is 22.2. The molecule has 0 bridgehead atoms. The molecular weight excluding hydrogens is 388 g/mol. The van der Waals surface area contributed by atoms with E-state index in [0.29, 0.717) is 12.2 Å². The zero-order valence-corrected chi connectivity index (χ0v) is 17.9. The Morgan fingerprint density at radius 2 is 1.74 bits per heavy atom. The van der Waals surface area contributed by atoms with Crippen LogP contribution in [-0.2, 0) is 11.2 Å². The van der Waals surface area contributed by atoms with E-state index >= 15 is 0 Å². The Bertz CT molecular complexity index is 1420. The summed E-state index contributed by atoms with van der Waals surface area (Å²) in [5, 5.41) is 0.762. The van der Waals surface area contributed by atoms with Crippen LogP contribution in [0.15, 0.2) is 60.8 Å². The van der Waals surface area contributed by atoms with Crippen molar-refractivity contribution in [3.8, 4) is 5.75 Å². The lowest BCUT2D eigenvalue weighted by atomic mass is 10.1. The van der Waals surface area contributed by atoms with E-state index in [4.69, 9.17) is 14.7 Å². The minimum atomic E-state index is -0.278. The number of para-hydroxylation sites is 2. The second kappa shape index (κ2) is 7.54. The number of nitrogens with zero attached hydrogens (tertiary/aromatic N) is 4. The number of rotatable bonds is 5. The van der Waals surface area contributed by atoms with Crippen LogP contribution in [-0.4, -0.2) is 24.9 Å². The quantitative estimate of drug-likeness (QED) is 0.366. The molecule has 3 heterocycles. The van der Waals surface area contributed by atoms with Crippen molar-refractivity contribution in [1.29, 1.82) is 0 Å². The molecule has 1 atom stereocenters. The number of hydrogen-bond donors (Lipinski definition) is 0. The maximum Gasteiger partial charge on any atom is 0.310 e. The summed E-state index contributed by atoms with van der Waals surface area (Å²) >= 11 is 0. The molecule has 0 saturated carbocycles. The Kier molecular flexibility index (Phi) is 4.70. The van der Waals surface area contributed by atoms with Gasteiger partial charge in [-0.25, -0.2) is 9.97 Å².